The Bertz CT molecular complexity index is 950. The lowest BCUT2D eigenvalue weighted by Gasteiger charge is -2.32. The number of carbonyl (C=O) groups excluding carboxylic acids is 2. The maximum absolute atomic E-state index is 13.4. The minimum absolute atomic E-state index is 0.0534. The molecule has 0 saturated heterocycles. The van der Waals surface area contributed by atoms with E-state index in [1.807, 2.05) is 45.0 Å². The van der Waals surface area contributed by atoms with Crippen molar-refractivity contribution < 1.29 is 14.3 Å². The van der Waals surface area contributed by atoms with Crippen LogP contribution in [0.25, 0.3) is 0 Å². The number of halogens is 2. The van der Waals surface area contributed by atoms with E-state index in [-0.39, 0.29) is 36.4 Å². The zero-order valence-corrected chi connectivity index (χ0v) is 21.8. The quantitative estimate of drug-likeness (QED) is 0.466. The molecule has 0 fully saturated rings. The van der Waals surface area contributed by atoms with E-state index >= 15 is 0 Å². The van der Waals surface area contributed by atoms with Crippen molar-refractivity contribution in [2.45, 2.75) is 72.0 Å². The average Bonchev–Trinajstić information content (AvgIpc) is 2.73. The number of nitrogens with one attached hydrogen (secondary N) is 1. The van der Waals surface area contributed by atoms with Gasteiger partial charge < -0.3 is 15.0 Å². The maximum atomic E-state index is 13.4. The molecule has 2 amide bonds. The topological polar surface area (TPSA) is 58.6 Å². The first-order valence-electron chi connectivity index (χ1n) is 11.2. The third-order valence-electron chi connectivity index (χ3n) is 5.25. The summed E-state index contributed by atoms with van der Waals surface area (Å²) in [5.41, 5.74) is 1.45. The number of para-hydroxylation sites is 1. The Morgan fingerprint density at radius 1 is 1.03 bits per heavy atom. The second kappa shape index (κ2) is 11.8. The van der Waals surface area contributed by atoms with E-state index in [9.17, 15) is 9.59 Å². The molecule has 7 heteroatoms. The van der Waals surface area contributed by atoms with Gasteiger partial charge in [-0.2, -0.15) is 0 Å². The van der Waals surface area contributed by atoms with Gasteiger partial charge in [0.1, 0.15) is 11.8 Å². The van der Waals surface area contributed by atoms with Crippen molar-refractivity contribution in [1.82, 2.24) is 10.2 Å². The number of carbonyl (C=O) groups is 2. The lowest BCUT2D eigenvalue weighted by Crippen LogP contribution is -2.51. The van der Waals surface area contributed by atoms with E-state index in [0.717, 1.165) is 5.56 Å². The predicted molar refractivity (Wildman–Crippen MR) is 135 cm³/mol. The van der Waals surface area contributed by atoms with Gasteiger partial charge in [-0.15, -0.1) is 0 Å². The van der Waals surface area contributed by atoms with E-state index in [1.54, 1.807) is 18.2 Å². The van der Waals surface area contributed by atoms with Crippen molar-refractivity contribution >= 4 is 35.0 Å². The molecule has 0 unspecified atom stereocenters. The molecule has 5 nitrogen and oxygen atoms in total. The third-order valence-corrected chi connectivity index (χ3v) is 5.96. The van der Waals surface area contributed by atoms with Crippen LogP contribution in [0.2, 0.25) is 10.0 Å². The van der Waals surface area contributed by atoms with Crippen LogP contribution in [0.5, 0.6) is 5.75 Å². The highest BCUT2D eigenvalue weighted by atomic mass is 35.5. The number of rotatable bonds is 9. The molecule has 0 heterocycles. The van der Waals surface area contributed by atoms with Crippen molar-refractivity contribution in [2.75, 3.05) is 6.61 Å². The summed E-state index contributed by atoms with van der Waals surface area (Å²) >= 11 is 12.8. The molecular formula is C26H34Cl2N2O3. The van der Waals surface area contributed by atoms with E-state index in [2.05, 4.69) is 26.1 Å². The summed E-state index contributed by atoms with van der Waals surface area (Å²) in [6, 6.07) is 12.1. The van der Waals surface area contributed by atoms with Crippen LogP contribution in [-0.2, 0) is 21.5 Å². The first kappa shape index (κ1) is 27.0. The molecule has 0 spiro atoms. The summed E-state index contributed by atoms with van der Waals surface area (Å²) in [4.78, 5) is 27.9. The minimum atomic E-state index is -0.686. The van der Waals surface area contributed by atoms with Gasteiger partial charge >= 0.3 is 0 Å². The first-order chi connectivity index (χ1) is 15.5. The highest BCUT2D eigenvalue weighted by molar-refractivity contribution is 6.36. The number of nitrogens with zero attached hydrogens (tertiary/aromatic N) is 1. The molecule has 0 aliphatic heterocycles. The Kier molecular flexibility index (Phi) is 9.62. The van der Waals surface area contributed by atoms with Crippen LogP contribution in [0.4, 0.5) is 0 Å². The molecule has 0 aliphatic carbocycles. The Morgan fingerprint density at radius 3 is 2.18 bits per heavy atom. The predicted octanol–water partition coefficient (Wildman–Crippen LogP) is 6.00. The van der Waals surface area contributed by atoms with Crippen LogP contribution < -0.4 is 10.1 Å². The summed E-state index contributed by atoms with van der Waals surface area (Å²) in [6.45, 7) is 11.8. The third kappa shape index (κ3) is 7.38. The Hall–Kier alpha value is -2.24. The fourth-order valence-electron chi connectivity index (χ4n) is 3.59. The Balaban J connectivity index is 2.34. The van der Waals surface area contributed by atoms with Gasteiger partial charge in [0.25, 0.3) is 5.91 Å². The molecule has 180 valence electrons. The molecule has 2 rings (SSSR count). The Morgan fingerprint density at radius 2 is 1.64 bits per heavy atom. The fourth-order valence-corrected chi connectivity index (χ4v) is 4.11. The molecule has 1 atom stereocenters. The number of hydrogen-bond donors (Lipinski definition) is 1. The molecule has 0 bridgehead atoms. The van der Waals surface area contributed by atoms with Crippen LogP contribution in [0.15, 0.2) is 42.5 Å². The molecular weight excluding hydrogens is 459 g/mol. The normalized spacial score (nSPS) is 12.4. The second-order valence-electron chi connectivity index (χ2n) is 9.34. The summed E-state index contributed by atoms with van der Waals surface area (Å²) in [5, 5.41) is 3.79. The fraction of sp³-hybridized carbons (Fsp3) is 0.462. The highest BCUT2D eigenvalue weighted by Crippen LogP contribution is 2.31. The lowest BCUT2D eigenvalue weighted by atomic mass is 9.86. The SMILES string of the molecule is CC[C@H](C(=O)NC(C)C)N(Cc1c(Cl)cccc1Cl)C(=O)COc1ccccc1C(C)(C)C. The van der Waals surface area contributed by atoms with Crippen LogP contribution >= 0.6 is 23.2 Å². The van der Waals surface area contributed by atoms with Gasteiger partial charge in [0.05, 0.1) is 0 Å². The highest BCUT2D eigenvalue weighted by Gasteiger charge is 2.30. The largest absolute Gasteiger partial charge is 0.483 e. The average molecular weight is 493 g/mol. The molecule has 0 aromatic heterocycles. The molecule has 0 aliphatic rings. The van der Waals surface area contributed by atoms with Crippen LogP contribution in [0, 0.1) is 0 Å². The van der Waals surface area contributed by atoms with Crippen molar-refractivity contribution in [3.8, 4) is 5.75 Å². The molecule has 1 N–H and O–H groups in total. The summed E-state index contributed by atoms with van der Waals surface area (Å²) in [6.07, 6.45) is 0.435. The zero-order valence-electron chi connectivity index (χ0n) is 20.2. The number of hydrogen-bond acceptors (Lipinski definition) is 3. The summed E-state index contributed by atoms with van der Waals surface area (Å²) in [5.74, 6) is 0.105. The number of benzene rings is 2. The minimum Gasteiger partial charge on any atom is -0.483 e. The zero-order chi connectivity index (χ0) is 24.8. The monoisotopic (exact) mass is 492 g/mol. The van der Waals surface area contributed by atoms with Gasteiger partial charge in [-0.3, -0.25) is 9.59 Å². The molecule has 2 aromatic carbocycles. The van der Waals surface area contributed by atoms with Gasteiger partial charge in [-0.1, -0.05) is 75.2 Å². The maximum Gasteiger partial charge on any atom is 0.261 e. The van der Waals surface area contributed by atoms with Gasteiger partial charge in [0.15, 0.2) is 6.61 Å². The Labute approximate surface area is 207 Å². The van der Waals surface area contributed by atoms with Crippen LogP contribution in [-0.4, -0.2) is 35.4 Å². The van der Waals surface area contributed by atoms with Crippen molar-refractivity contribution in [3.63, 3.8) is 0 Å². The van der Waals surface area contributed by atoms with E-state index in [4.69, 9.17) is 27.9 Å². The molecule has 0 radical (unpaired) electrons. The van der Waals surface area contributed by atoms with Crippen molar-refractivity contribution in [2.24, 2.45) is 0 Å². The van der Waals surface area contributed by atoms with Crippen molar-refractivity contribution in [3.05, 3.63) is 63.6 Å². The van der Waals surface area contributed by atoms with Gasteiger partial charge in [0.2, 0.25) is 5.91 Å². The van der Waals surface area contributed by atoms with Gasteiger partial charge in [-0.25, -0.2) is 0 Å². The molecule has 2 aromatic rings. The standard InChI is InChI=1S/C26H34Cl2N2O3/c1-7-22(25(32)29-17(2)3)30(15-18-20(27)12-10-13-21(18)28)24(31)16-33-23-14-9-8-11-19(23)26(4,5)6/h8-14,17,22H,7,15-16H2,1-6H3,(H,29,32)/t22-/m1/s1. The smallest absolute Gasteiger partial charge is 0.261 e. The van der Waals surface area contributed by atoms with Crippen LogP contribution in [0.3, 0.4) is 0 Å². The van der Waals surface area contributed by atoms with E-state index < -0.39 is 6.04 Å². The van der Waals surface area contributed by atoms with Crippen LogP contribution in [0.1, 0.15) is 59.1 Å². The first-order valence-corrected chi connectivity index (χ1v) is 12.0. The molecule has 0 saturated carbocycles. The number of amides is 2. The molecule has 33 heavy (non-hydrogen) atoms. The lowest BCUT2D eigenvalue weighted by molar-refractivity contribution is -0.143. The summed E-state index contributed by atoms with van der Waals surface area (Å²) < 4.78 is 5.97. The van der Waals surface area contributed by atoms with Gasteiger partial charge in [0, 0.05) is 28.2 Å². The summed E-state index contributed by atoms with van der Waals surface area (Å²) in [7, 11) is 0. The van der Waals surface area contributed by atoms with E-state index in [0.29, 0.717) is 27.8 Å². The van der Waals surface area contributed by atoms with Gasteiger partial charge in [-0.05, 0) is 49.4 Å². The van der Waals surface area contributed by atoms with E-state index in [1.165, 1.54) is 4.90 Å². The second-order valence-corrected chi connectivity index (χ2v) is 10.2. The van der Waals surface area contributed by atoms with Crippen molar-refractivity contribution in [1.29, 1.82) is 0 Å². The number of ether oxygens (including phenoxy) is 1.